The van der Waals surface area contributed by atoms with E-state index >= 15 is 0 Å². The van der Waals surface area contributed by atoms with Crippen LogP contribution in [0.25, 0.3) is 6.08 Å². The van der Waals surface area contributed by atoms with Crippen molar-refractivity contribution >= 4 is 12.2 Å². The van der Waals surface area contributed by atoms with Crippen molar-refractivity contribution in [2.45, 2.75) is 71.8 Å². The third-order valence-corrected chi connectivity index (χ3v) is 5.94. The van der Waals surface area contributed by atoms with Crippen molar-refractivity contribution in [1.82, 2.24) is 10.2 Å². The second-order valence-corrected chi connectivity index (χ2v) is 9.14. The summed E-state index contributed by atoms with van der Waals surface area (Å²) < 4.78 is 12.4. The Morgan fingerprint density at radius 1 is 1.26 bits per heavy atom. The van der Waals surface area contributed by atoms with E-state index in [4.69, 9.17) is 9.47 Å². The Kier molecular flexibility index (Phi) is 8.19. The van der Waals surface area contributed by atoms with Crippen molar-refractivity contribution in [2.24, 2.45) is 0 Å². The van der Waals surface area contributed by atoms with Crippen LogP contribution in [0.15, 0.2) is 29.9 Å². The highest BCUT2D eigenvalue weighted by Gasteiger charge is 2.29. The molecule has 1 aromatic carbocycles. The maximum atomic E-state index is 12.8. The van der Waals surface area contributed by atoms with Crippen LogP contribution in [0.2, 0.25) is 0 Å². The normalized spacial score (nSPS) is 20.1. The summed E-state index contributed by atoms with van der Waals surface area (Å²) >= 11 is 0. The molecule has 170 valence electrons. The minimum Gasteiger partial charge on any atom is -0.483 e. The van der Waals surface area contributed by atoms with Gasteiger partial charge in [-0.05, 0) is 76.3 Å². The maximum Gasteiger partial charge on any atom is 0.415 e. The predicted octanol–water partition coefficient (Wildman–Crippen LogP) is 5.73. The Labute approximate surface area is 187 Å². The summed E-state index contributed by atoms with van der Waals surface area (Å²) in [5.41, 5.74) is 2.99. The van der Waals surface area contributed by atoms with Crippen LogP contribution in [0.3, 0.4) is 0 Å². The number of allylic oxidation sites excluding steroid dienone is 2. The molecule has 1 aromatic rings. The second kappa shape index (κ2) is 10.9. The number of hydrogen-bond acceptors (Lipinski definition) is 4. The van der Waals surface area contributed by atoms with Crippen LogP contribution in [0, 0.1) is 0 Å². The van der Waals surface area contributed by atoms with Crippen molar-refractivity contribution in [3.63, 3.8) is 0 Å². The molecule has 2 aliphatic rings. The van der Waals surface area contributed by atoms with Crippen LogP contribution in [0.1, 0.15) is 70.9 Å². The molecular weight excluding hydrogens is 388 g/mol. The molecule has 0 aliphatic carbocycles. The fourth-order valence-electron chi connectivity index (χ4n) is 4.04. The first-order chi connectivity index (χ1) is 14.9. The van der Waals surface area contributed by atoms with Crippen molar-refractivity contribution in [1.29, 1.82) is 0 Å². The van der Waals surface area contributed by atoms with Gasteiger partial charge in [0.15, 0.2) is 0 Å². The van der Waals surface area contributed by atoms with Gasteiger partial charge >= 0.3 is 6.09 Å². The molecule has 1 unspecified atom stereocenters. The number of nitrogens with zero attached hydrogens (tertiary/aromatic N) is 1. The molecule has 1 amide bonds. The molecule has 0 bridgehead atoms. The smallest absolute Gasteiger partial charge is 0.415 e. The lowest BCUT2D eigenvalue weighted by molar-refractivity contribution is 0.127. The first kappa shape index (κ1) is 23.4. The number of ether oxygens (including phenoxy) is 2. The van der Waals surface area contributed by atoms with Crippen molar-refractivity contribution < 1.29 is 14.3 Å². The largest absolute Gasteiger partial charge is 0.483 e. The van der Waals surface area contributed by atoms with E-state index in [1.165, 1.54) is 18.4 Å². The summed E-state index contributed by atoms with van der Waals surface area (Å²) in [5, 5.41) is 3.27. The van der Waals surface area contributed by atoms with Crippen LogP contribution in [0.5, 0.6) is 11.5 Å². The number of carbonyl (C=O) groups excluding carboxylic acids is 1. The zero-order valence-corrected chi connectivity index (χ0v) is 19.6. The summed E-state index contributed by atoms with van der Waals surface area (Å²) in [5.74, 6) is 1.43. The van der Waals surface area contributed by atoms with E-state index in [2.05, 4.69) is 57.3 Å². The number of rotatable bonds is 8. The average molecular weight is 427 g/mol. The van der Waals surface area contributed by atoms with E-state index in [0.29, 0.717) is 18.8 Å². The Hall–Kier alpha value is -2.27. The van der Waals surface area contributed by atoms with Gasteiger partial charge in [-0.3, -0.25) is 0 Å². The number of benzene rings is 1. The maximum absolute atomic E-state index is 12.8. The van der Waals surface area contributed by atoms with Gasteiger partial charge in [0.05, 0.1) is 5.56 Å². The van der Waals surface area contributed by atoms with E-state index < -0.39 is 0 Å². The average Bonchev–Trinajstić information content (AvgIpc) is 2.74. The number of hydrogen-bond donors (Lipinski definition) is 1. The van der Waals surface area contributed by atoms with Crippen molar-refractivity contribution in [2.75, 3.05) is 26.2 Å². The Balaban J connectivity index is 1.82. The van der Waals surface area contributed by atoms with Crippen molar-refractivity contribution in [3.8, 4) is 11.5 Å². The number of amides is 1. The van der Waals surface area contributed by atoms with Crippen LogP contribution < -0.4 is 14.8 Å². The molecule has 2 heterocycles. The summed E-state index contributed by atoms with van der Waals surface area (Å²) in [6.07, 6.45) is 12.5. The van der Waals surface area contributed by atoms with Gasteiger partial charge in [0.25, 0.3) is 0 Å². The number of unbranched alkanes of at least 4 members (excludes halogenated alkanes) is 2. The SMILES string of the molecule is CCCCCc1cc(OC(=O)N2CCNCC2)c2c(c1)OC(C)(CCC=C(C)C)C=C2. The Bertz CT molecular complexity index is 820. The lowest BCUT2D eigenvalue weighted by Crippen LogP contribution is -2.47. The van der Waals surface area contributed by atoms with Crippen LogP contribution in [-0.4, -0.2) is 42.8 Å². The molecule has 3 rings (SSSR count). The first-order valence-corrected chi connectivity index (χ1v) is 11.8. The fourth-order valence-corrected chi connectivity index (χ4v) is 4.04. The first-order valence-electron chi connectivity index (χ1n) is 11.8. The van der Waals surface area contributed by atoms with E-state index in [1.54, 1.807) is 4.90 Å². The molecule has 1 atom stereocenters. The number of aryl methyl sites for hydroxylation is 1. The molecule has 31 heavy (non-hydrogen) atoms. The van der Waals surface area contributed by atoms with Crippen LogP contribution in [0.4, 0.5) is 4.79 Å². The van der Waals surface area contributed by atoms with Gasteiger partial charge in [-0.1, -0.05) is 31.4 Å². The molecule has 2 aliphatic heterocycles. The lowest BCUT2D eigenvalue weighted by atomic mass is 9.93. The molecule has 0 aromatic heterocycles. The topological polar surface area (TPSA) is 50.8 Å². The summed E-state index contributed by atoms with van der Waals surface area (Å²) in [6, 6.07) is 4.16. The molecule has 0 saturated carbocycles. The van der Waals surface area contributed by atoms with Crippen LogP contribution >= 0.6 is 0 Å². The number of carbonyl (C=O) groups is 1. The fraction of sp³-hybridized carbons (Fsp3) is 0.577. The highest BCUT2D eigenvalue weighted by atomic mass is 16.6. The Morgan fingerprint density at radius 3 is 2.74 bits per heavy atom. The number of nitrogens with one attached hydrogen (secondary N) is 1. The quantitative estimate of drug-likeness (QED) is 0.426. The van der Waals surface area contributed by atoms with E-state index in [0.717, 1.165) is 55.6 Å². The number of fused-ring (bicyclic) bond motifs is 1. The monoisotopic (exact) mass is 426 g/mol. The van der Waals surface area contributed by atoms with E-state index in [1.807, 2.05) is 6.07 Å². The zero-order chi connectivity index (χ0) is 22.3. The molecule has 5 nitrogen and oxygen atoms in total. The van der Waals surface area contributed by atoms with Gasteiger partial charge in [0.2, 0.25) is 0 Å². The van der Waals surface area contributed by atoms with Gasteiger partial charge < -0.3 is 19.7 Å². The summed E-state index contributed by atoms with van der Waals surface area (Å²) in [6.45, 7) is 11.5. The molecule has 0 radical (unpaired) electrons. The lowest BCUT2D eigenvalue weighted by Gasteiger charge is -2.33. The number of piperazine rings is 1. The molecule has 0 spiro atoms. The summed E-state index contributed by atoms with van der Waals surface area (Å²) in [7, 11) is 0. The second-order valence-electron chi connectivity index (χ2n) is 9.14. The van der Waals surface area contributed by atoms with Gasteiger partial charge in [-0.15, -0.1) is 0 Å². The minimum atomic E-state index is -0.360. The third-order valence-electron chi connectivity index (χ3n) is 5.94. The predicted molar refractivity (Wildman–Crippen MR) is 127 cm³/mol. The summed E-state index contributed by atoms with van der Waals surface area (Å²) in [4.78, 5) is 14.5. The van der Waals surface area contributed by atoms with Gasteiger partial charge in [0.1, 0.15) is 17.1 Å². The molecule has 1 fully saturated rings. The zero-order valence-electron chi connectivity index (χ0n) is 19.6. The molecule has 1 N–H and O–H groups in total. The van der Waals surface area contributed by atoms with Gasteiger partial charge in [0, 0.05) is 26.2 Å². The van der Waals surface area contributed by atoms with Crippen LogP contribution in [-0.2, 0) is 6.42 Å². The van der Waals surface area contributed by atoms with Crippen molar-refractivity contribution in [3.05, 3.63) is 41.0 Å². The van der Waals surface area contributed by atoms with Gasteiger partial charge in [-0.25, -0.2) is 4.79 Å². The highest BCUT2D eigenvalue weighted by Crippen LogP contribution is 2.40. The molecular formula is C26H38N2O3. The molecule has 5 heteroatoms. The molecule has 1 saturated heterocycles. The van der Waals surface area contributed by atoms with E-state index in [-0.39, 0.29) is 11.7 Å². The standard InChI is InChI=1S/C26H38N2O3/c1-5-6-7-10-21-18-23(30-25(29)28-16-14-27-15-17-28)22-11-13-26(4,31-24(22)19-21)12-8-9-20(2)3/h9,11,13,18-19,27H,5-8,10,12,14-17H2,1-4H3. The highest BCUT2D eigenvalue weighted by molar-refractivity contribution is 5.76. The van der Waals surface area contributed by atoms with Gasteiger partial charge in [-0.2, -0.15) is 0 Å². The minimum absolute atomic E-state index is 0.278. The van der Waals surface area contributed by atoms with E-state index in [9.17, 15) is 4.79 Å². The third kappa shape index (κ3) is 6.60. The Morgan fingerprint density at radius 2 is 2.03 bits per heavy atom.